The highest BCUT2D eigenvalue weighted by Crippen LogP contribution is 2.27. The zero-order valence-corrected chi connectivity index (χ0v) is 14.3. The van der Waals surface area contributed by atoms with Crippen LogP contribution in [0, 0.1) is 37.3 Å². The molecule has 0 saturated carbocycles. The van der Waals surface area contributed by atoms with Gasteiger partial charge in [0.1, 0.15) is 5.75 Å². The number of aromatic nitrogens is 3. The molecule has 0 aliphatic rings. The number of rotatable bonds is 7. The van der Waals surface area contributed by atoms with E-state index in [0.717, 1.165) is 5.56 Å². The molecule has 14 nitrogen and oxygen atoms in total. The first-order chi connectivity index (χ1) is 12.6. The van der Waals surface area contributed by atoms with Crippen LogP contribution in [-0.2, 0) is 5.79 Å². The molecule has 0 bridgehead atoms. The first-order valence-electron chi connectivity index (χ1n) is 7.21. The highest BCUT2D eigenvalue weighted by atomic mass is 16.7. The molecule has 0 spiro atoms. The highest BCUT2D eigenvalue weighted by molar-refractivity contribution is 5.32. The fourth-order valence-corrected chi connectivity index (χ4v) is 1.90. The summed E-state index contributed by atoms with van der Waals surface area (Å²) in [5, 5.41) is 33.8. The lowest BCUT2D eigenvalue weighted by atomic mass is 10.2. The van der Waals surface area contributed by atoms with Gasteiger partial charge in [-0.2, -0.15) is 15.0 Å². The number of ether oxygens (including phenoxy) is 1. The van der Waals surface area contributed by atoms with Gasteiger partial charge in [0.2, 0.25) is 5.95 Å². The average molecular weight is 379 g/mol. The Bertz CT molecular complexity index is 864. The molecule has 0 unspecified atom stereocenters. The minimum Gasteiger partial charge on any atom is -0.424 e. The monoisotopic (exact) mass is 379 g/mol. The molecular weight excluding hydrogens is 366 g/mol. The van der Waals surface area contributed by atoms with Crippen molar-refractivity contribution in [3.63, 3.8) is 0 Å². The summed E-state index contributed by atoms with van der Waals surface area (Å²) in [6.07, 6.45) is 0. The second-order valence-electron chi connectivity index (χ2n) is 5.46. The summed E-state index contributed by atoms with van der Waals surface area (Å²) < 4.78 is 5.34. The SMILES string of the molecule is Cc1ccc(Oc2nc(N(C)C)nc(C([N+](=O)[O-])([N+](=O)[O-])[N+](=O)[O-])n2)cc1. The molecule has 1 heterocycles. The molecule has 0 atom stereocenters. The van der Waals surface area contributed by atoms with Crippen LogP contribution in [0.4, 0.5) is 5.95 Å². The molecule has 2 aromatic rings. The van der Waals surface area contributed by atoms with Gasteiger partial charge in [-0.15, -0.1) is 0 Å². The van der Waals surface area contributed by atoms with E-state index in [4.69, 9.17) is 4.74 Å². The van der Waals surface area contributed by atoms with E-state index in [1.807, 2.05) is 6.92 Å². The smallest absolute Gasteiger partial charge is 0.424 e. The van der Waals surface area contributed by atoms with E-state index in [-0.39, 0.29) is 11.7 Å². The summed E-state index contributed by atoms with van der Waals surface area (Å²) in [7, 11) is 2.86. The number of aryl methyl sites for hydroxylation is 1. The van der Waals surface area contributed by atoms with Gasteiger partial charge < -0.3 is 9.64 Å². The maximum Gasteiger partial charge on any atom is 0.763 e. The lowest BCUT2D eigenvalue weighted by Crippen LogP contribution is -2.51. The van der Waals surface area contributed by atoms with Crippen LogP contribution in [0.3, 0.4) is 0 Å². The van der Waals surface area contributed by atoms with E-state index < -0.39 is 32.4 Å². The van der Waals surface area contributed by atoms with Crippen molar-refractivity contribution in [3.8, 4) is 11.8 Å². The van der Waals surface area contributed by atoms with E-state index in [9.17, 15) is 30.3 Å². The zero-order valence-electron chi connectivity index (χ0n) is 14.3. The number of hydrogen-bond donors (Lipinski definition) is 0. The molecule has 1 aromatic heterocycles. The van der Waals surface area contributed by atoms with Gasteiger partial charge in [0, 0.05) is 14.1 Å². The topological polar surface area (TPSA) is 181 Å². The second-order valence-corrected chi connectivity index (χ2v) is 5.46. The van der Waals surface area contributed by atoms with Crippen LogP contribution in [0.1, 0.15) is 11.4 Å². The van der Waals surface area contributed by atoms with E-state index >= 15 is 0 Å². The largest absolute Gasteiger partial charge is 0.763 e. The van der Waals surface area contributed by atoms with Crippen molar-refractivity contribution in [3.05, 3.63) is 66.0 Å². The van der Waals surface area contributed by atoms with E-state index in [1.54, 1.807) is 12.1 Å². The van der Waals surface area contributed by atoms with E-state index in [1.165, 1.54) is 31.1 Å². The molecule has 1 aromatic carbocycles. The van der Waals surface area contributed by atoms with Gasteiger partial charge in [-0.05, 0) is 19.1 Å². The Labute approximate surface area is 150 Å². The van der Waals surface area contributed by atoms with Gasteiger partial charge in [-0.25, -0.2) is 0 Å². The molecule has 142 valence electrons. The number of nitro groups is 3. The Hall–Kier alpha value is -3.97. The molecule has 0 aliphatic heterocycles. The van der Waals surface area contributed by atoms with Crippen molar-refractivity contribution >= 4 is 5.95 Å². The molecular formula is C13H13N7O7. The third-order valence-electron chi connectivity index (χ3n) is 3.30. The van der Waals surface area contributed by atoms with Crippen molar-refractivity contribution in [2.24, 2.45) is 0 Å². The van der Waals surface area contributed by atoms with Gasteiger partial charge in [0.05, 0.1) is 0 Å². The average Bonchev–Trinajstić information content (AvgIpc) is 2.56. The second kappa shape index (κ2) is 7.11. The van der Waals surface area contributed by atoms with Crippen molar-refractivity contribution in [2.45, 2.75) is 12.7 Å². The molecule has 0 N–H and O–H groups in total. The van der Waals surface area contributed by atoms with Crippen LogP contribution in [0.2, 0.25) is 0 Å². The maximum absolute atomic E-state index is 11.3. The van der Waals surface area contributed by atoms with Crippen molar-refractivity contribution in [2.75, 3.05) is 19.0 Å². The summed E-state index contributed by atoms with van der Waals surface area (Å²) in [4.78, 5) is 40.8. The Morgan fingerprint density at radius 2 is 1.44 bits per heavy atom. The van der Waals surface area contributed by atoms with Crippen LogP contribution in [0.25, 0.3) is 0 Å². The Morgan fingerprint density at radius 3 is 1.89 bits per heavy atom. The third-order valence-corrected chi connectivity index (χ3v) is 3.30. The maximum atomic E-state index is 11.3. The normalized spacial score (nSPS) is 10.9. The quantitative estimate of drug-likeness (QED) is 0.380. The molecule has 0 saturated heterocycles. The lowest BCUT2D eigenvalue weighted by molar-refractivity contribution is -0.987. The van der Waals surface area contributed by atoms with Crippen LogP contribution in [0.15, 0.2) is 24.3 Å². The minimum atomic E-state index is -4.00. The van der Waals surface area contributed by atoms with Crippen LogP contribution in [0.5, 0.6) is 11.8 Å². The predicted molar refractivity (Wildman–Crippen MR) is 88.1 cm³/mol. The van der Waals surface area contributed by atoms with Crippen molar-refractivity contribution in [1.29, 1.82) is 0 Å². The number of benzene rings is 1. The predicted octanol–water partition coefficient (Wildman–Crippen LogP) is 0.979. The molecule has 0 fully saturated rings. The van der Waals surface area contributed by atoms with Crippen LogP contribution >= 0.6 is 0 Å². The van der Waals surface area contributed by atoms with Gasteiger partial charge in [-0.1, -0.05) is 17.7 Å². The fraction of sp³-hybridized carbons (Fsp3) is 0.308. The van der Waals surface area contributed by atoms with Crippen LogP contribution < -0.4 is 9.64 Å². The van der Waals surface area contributed by atoms with Gasteiger partial charge >= 0.3 is 17.6 Å². The summed E-state index contributed by atoms with van der Waals surface area (Å²) in [6, 6.07) is 5.90. The van der Waals surface area contributed by atoms with E-state index in [0.29, 0.717) is 0 Å². The zero-order chi connectivity index (χ0) is 20.4. The molecule has 27 heavy (non-hydrogen) atoms. The summed E-state index contributed by atoms with van der Waals surface area (Å²) >= 11 is 0. The molecule has 0 radical (unpaired) electrons. The highest BCUT2D eigenvalue weighted by Gasteiger charge is 2.76. The Kier molecular flexibility index (Phi) is 5.09. The molecule has 2 rings (SSSR count). The summed E-state index contributed by atoms with van der Waals surface area (Å²) in [5.74, 6) is -5.37. The number of anilines is 1. The van der Waals surface area contributed by atoms with Crippen LogP contribution in [-0.4, -0.2) is 43.8 Å². The van der Waals surface area contributed by atoms with Crippen molar-refractivity contribution < 1.29 is 19.5 Å². The number of hydrogen-bond acceptors (Lipinski definition) is 11. The van der Waals surface area contributed by atoms with E-state index in [2.05, 4.69) is 15.0 Å². The summed E-state index contributed by atoms with van der Waals surface area (Å²) in [6.45, 7) is 1.83. The Balaban J connectivity index is 2.66. The Morgan fingerprint density at radius 1 is 0.926 bits per heavy atom. The van der Waals surface area contributed by atoms with Gasteiger partial charge in [-0.3, -0.25) is 30.3 Å². The first-order valence-corrected chi connectivity index (χ1v) is 7.21. The molecule has 14 heteroatoms. The standard InChI is InChI=1S/C13H13N7O7/c1-8-4-6-9(7-5-8)27-12-15-10(14-11(16-12)17(2)3)13(18(21)22,19(23)24)20(25)26/h4-7H,1-3H3. The fourth-order valence-electron chi connectivity index (χ4n) is 1.90. The minimum absolute atomic E-state index is 0.219. The summed E-state index contributed by atoms with van der Waals surface area (Å²) in [5.41, 5.74) is 0.918. The number of nitrogens with zero attached hydrogens (tertiary/aromatic N) is 7. The first kappa shape index (κ1) is 19.4. The lowest BCUT2D eigenvalue weighted by Gasteiger charge is -2.13. The molecule has 0 aliphatic carbocycles. The van der Waals surface area contributed by atoms with Gasteiger partial charge in [0.25, 0.3) is 0 Å². The third kappa shape index (κ3) is 3.53. The van der Waals surface area contributed by atoms with Crippen molar-refractivity contribution in [1.82, 2.24) is 15.0 Å². The van der Waals surface area contributed by atoms with Gasteiger partial charge in [0.15, 0.2) is 14.8 Å². The molecule has 0 amide bonds.